The second-order valence-electron chi connectivity index (χ2n) is 16.1. The number of carbonyl (C=O) groups is 6. The first-order valence-corrected chi connectivity index (χ1v) is 20.5. The highest BCUT2D eigenvalue weighted by atomic mass is 35.5. The number of halogens is 2. The van der Waals surface area contributed by atoms with Crippen molar-refractivity contribution in [3.8, 4) is 5.75 Å². The Hall–Kier alpha value is -4.86. The fourth-order valence-electron chi connectivity index (χ4n) is 5.90. The molecule has 15 nitrogen and oxygen atoms in total. The van der Waals surface area contributed by atoms with E-state index in [2.05, 4.69) is 16.0 Å². The van der Waals surface area contributed by atoms with E-state index in [1.165, 1.54) is 26.2 Å². The Morgan fingerprint density at radius 3 is 2.28 bits per heavy atom. The summed E-state index contributed by atoms with van der Waals surface area (Å²) in [5.74, 6) is -4.78. The number of esters is 3. The molecule has 0 aliphatic carbocycles. The number of aliphatic hydroxyl groups is 1. The summed E-state index contributed by atoms with van der Waals surface area (Å²) in [5.41, 5.74) is 1.03. The van der Waals surface area contributed by atoms with E-state index in [9.17, 15) is 33.9 Å². The molecule has 0 bridgehead atoms. The number of carbonyl (C=O) groups excluding carboxylic acids is 6. The van der Waals surface area contributed by atoms with Crippen molar-refractivity contribution in [1.82, 2.24) is 16.0 Å². The van der Waals surface area contributed by atoms with Crippen LogP contribution in [-0.2, 0) is 55.9 Å². The molecule has 330 valence electrons. The predicted octanol–water partition coefficient (Wildman–Crippen LogP) is 5.50. The van der Waals surface area contributed by atoms with Gasteiger partial charge in [0.2, 0.25) is 11.8 Å². The Morgan fingerprint density at radius 2 is 1.67 bits per heavy atom. The molecular formula is C43H57Cl2N3O12. The van der Waals surface area contributed by atoms with Gasteiger partial charge in [0.1, 0.15) is 36.6 Å². The molecule has 2 aromatic rings. The summed E-state index contributed by atoms with van der Waals surface area (Å²) in [4.78, 5) is 77.6. The Kier molecular flexibility index (Phi) is 19.2. The number of methoxy groups -OCH3 is 1. The lowest BCUT2D eigenvalue weighted by Gasteiger charge is -2.31. The molecule has 3 amide bonds. The molecule has 7 atom stereocenters. The Balaban J connectivity index is 1.80. The number of cyclic esters (lactones) is 2. The zero-order chi connectivity index (χ0) is 44.7. The zero-order valence-electron chi connectivity index (χ0n) is 35.3. The highest BCUT2D eigenvalue weighted by Crippen LogP contribution is 2.32. The molecule has 0 saturated carbocycles. The molecule has 1 aliphatic rings. The highest BCUT2D eigenvalue weighted by Gasteiger charge is 2.36. The summed E-state index contributed by atoms with van der Waals surface area (Å²) >= 11 is 13.1. The fraction of sp³-hybridized carbons (Fsp3) is 0.535. The van der Waals surface area contributed by atoms with E-state index < -0.39 is 83.0 Å². The number of hydrogen-bond acceptors (Lipinski definition) is 12. The quantitative estimate of drug-likeness (QED) is 0.112. The molecular weight excluding hydrogens is 821 g/mol. The highest BCUT2D eigenvalue weighted by molar-refractivity contribution is 6.32. The standard InChI is InChI=1S/C43H57Cl2N3O12/c1-24(2)18-34-41(54)58-32(26(4)38(51)37(45)29-15-12-27(13-16-29)23-57-36(50)22-47-42(55)60-43(5,6)7)10-9-11-35(49)48-31(39(52)46-21-25(3)40(53)59-34)20-28-14-17-33(56-8)30(44)19-28/h9,11-17,19,24-26,31-32,34,37-38,51H,10,18,20-23H2,1-8H3,(H,46,52)(H,47,55)(H,48,49)/b11-9+/t25-,26+,31-,32+,34+,37+,38-/m1/s1. The fourth-order valence-corrected chi connectivity index (χ4v) is 6.55. The topological polar surface area (TPSA) is 205 Å². The first kappa shape index (κ1) is 49.5. The van der Waals surface area contributed by atoms with Crippen LogP contribution < -0.4 is 20.7 Å². The van der Waals surface area contributed by atoms with Gasteiger partial charge in [0.25, 0.3) is 0 Å². The third kappa shape index (κ3) is 16.3. The van der Waals surface area contributed by atoms with Crippen molar-refractivity contribution >= 4 is 59.0 Å². The van der Waals surface area contributed by atoms with Crippen molar-refractivity contribution in [2.45, 2.75) is 110 Å². The smallest absolute Gasteiger partial charge is 0.408 e. The minimum atomic E-state index is -1.30. The molecule has 1 heterocycles. The van der Waals surface area contributed by atoms with Crippen LogP contribution in [0.25, 0.3) is 0 Å². The van der Waals surface area contributed by atoms with Gasteiger partial charge in [0.05, 0.1) is 29.5 Å². The van der Waals surface area contributed by atoms with Crippen molar-refractivity contribution in [2.75, 3.05) is 20.2 Å². The maximum atomic E-state index is 13.7. The van der Waals surface area contributed by atoms with E-state index >= 15 is 0 Å². The van der Waals surface area contributed by atoms with Crippen LogP contribution in [0.4, 0.5) is 4.79 Å². The molecule has 3 rings (SSSR count). The lowest BCUT2D eigenvalue weighted by molar-refractivity contribution is -0.177. The first-order valence-electron chi connectivity index (χ1n) is 19.7. The van der Waals surface area contributed by atoms with Gasteiger partial charge in [0, 0.05) is 25.3 Å². The normalized spacial score (nSPS) is 21.6. The largest absolute Gasteiger partial charge is 0.495 e. The summed E-state index contributed by atoms with van der Waals surface area (Å²) in [7, 11) is 1.47. The molecule has 0 unspecified atom stereocenters. The molecule has 60 heavy (non-hydrogen) atoms. The number of alkyl carbamates (subject to hydrolysis) is 1. The number of amides is 3. The number of alkyl halides is 1. The number of hydrogen-bond donors (Lipinski definition) is 4. The third-order valence-corrected chi connectivity index (χ3v) is 10.1. The van der Waals surface area contributed by atoms with Crippen LogP contribution in [0.2, 0.25) is 5.02 Å². The third-order valence-electron chi connectivity index (χ3n) is 9.28. The van der Waals surface area contributed by atoms with Crippen molar-refractivity contribution in [1.29, 1.82) is 0 Å². The van der Waals surface area contributed by atoms with Crippen LogP contribution in [-0.4, -0.2) is 91.1 Å². The molecule has 0 saturated heterocycles. The maximum Gasteiger partial charge on any atom is 0.408 e. The van der Waals surface area contributed by atoms with E-state index in [0.717, 1.165) is 0 Å². The molecule has 0 spiro atoms. The van der Waals surface area contributed by atoms with Crippen molar-refractivity contribution in [3.05, 3.63) is 76.3 Å². The van der Waals surface area contributed by atoms with Crippen LogP contribution in [0.15, 0.2) is 54.6 Å². The molecule has 2 aromatic carbocycles. The molecule has 1 aliphatic heterocycles. The van der Waals surface area contributed by atoms with Gasteiger partial charge >= 0.3 is 24.0 Å². The predicted molar refractivity (Wildman–Crippen MR) is 223 cm³/mol. The van der Waals surface area contributed by atoms with Gasteiger partial charge in [-0.05, 0) is 68.0 Å². The van der Waals surface area contributed by atoms with E-state index in [1.807, 2.05) is 13.8 Å². The number of ether oxygens (including phenoxy) is 5. The van der Waals surface area contributed by atoms with Gasteiger partial charge in [-0.3, -0.25) is 19.2 Å². The SMILES string of the molecule is COc1ccc(C[C@H]2NC(=O)/C=C/C[C@@H]([C@H](C)[C@@H](O)[C@@H](Cl)c3ccc(COC(=O)CNC(=O)OC(C)(C)C)cc3)OC(=O)[C@H](CC(C)C)OC(=O)[C@H](C)CNC2=O)cc1Cl. The number of aliphatic hydroxyl groups excluding tert-OH is 1. The molecule has 0 aromatic heterocycles. The van der Waals surface area contributed by atoms with Gasteiger partial charge in [-0.1, -0.05) is 75.7 Å². The zero-order valence-corrected chi connectivity index (χ0v) is 36.8. The summed E-state index contributed by atoms with van der Waals surface area (Å²) in [6.07, 6.45) is -1.59. The van der Waals surface area contributed by atoms with Gasteiger partial charge < -0.3 is 44.7 Å². The number of rotatable bonds is 13. The summed E-state index contributed by atoms with van der Waals surface area (Å²) < 4.78 is 27.2. The van der Waals surface area contributed by atoms with Gasteiger partial charge in [-0.25, -0.2) is 9.59 Å². The average Bonchev–Trinajstić information content (AvgIpc) is 3.18. The summed E-state index contributed by atoms with van der Waals surface area (Å²) in [6.45, 7) is 11.3. The molecule has 4 N–H and O–H groups in total. The number of benzene rings is 2. The lowest BCUT2D eigenvalue weighted by atomic mass is 9.90. The summed E-state index contributed by atoms with van der Waals surface area (Å²) in [5, 5.41) is 18.6. The van der Waals surface area contributed by atoms with Crippen molar-refractivity contribution in [2.24, 2.45) is 17.8 Å². The Labute approximate surface area is 361 Å². The minimum Gasteiger partial charge on any atom is -0.495 e. The molecule has 0 radical (unpaired) electrons. The second-order valence-corrected chi connectivity index (χ2v) is 16.9. The summed E-state index contributed by atoms with van der Waals surface area (Å²) in [6, 6.07) is 10.5. The Morgan fingerprint density at radius 1 is 1.00 bits per heavy atom. The monoisotopic (exact) mass is 877 g/mol. The van der Waals surface area contributed by atoms with Crippen molar-refractivity contribution in [3.63, 3.8) is 0 Å². The van der Waals surface area contributed by atoms with Crippen molar-refractivity contribution < 1.29 is 57.6 Å². The number of nitrogens with one attached hydrogen (secondary N) is 3. The van der Waals surface area contributed by atoms with Gasteiger partial charge in [-0.15, -0.1) is 11.6 Å². The second kappa shape index (κ2) is 23.2. The average molecular weight is 879 g/mol. The maximum absolute atomic E-state index is 13.7. The van der Waals surface area contributed by atoms with E-state index in [0.29, 0.717) is 27.5 Å². The van der Waals surface area contributed by atoms with E-state index in [-0.39, 0.29) is 44.9 Å². The molecule has 0 fully saturated rings. The van der Waals surface area contributed by atoms with Crippen LogP contribution in [0.5, 0.6) is 5.75 Å². The minimum absolute atomic E-state index is 0.0578. The first-order chi connectivity index (χ1) is 28.2. The molecule has 17 heteroatoms. The van der Waals surface area contributed by atoms with E-state index in [1.54, 1.807) is 70.2 Å². The van der Waals surface area contributed by atoms with Crippen LogP contribution >= 0.6 is 23.2 Å². The van der Waals surface area contributed by atoms with Crippen LogP contribution in [0.1, 0.15) is 83.4 Å². The van der Waals surface area contributed by atoms with Crippen LogP contribution in [0, 0.1) is 17.8 Å². The van der Waals surface area contributed by atoms with E-state index in [4.69, 9.17) is 46.9 Å². The lowest BCUT2D eigenvalue weighted by Crippen LogP contribution is -2.49. The van der Waals surface area contributed by atoms with Crippen LogP contribution in [0.3, 0.4) is 0 Å². The Bertz CT molecular complexity index is 1830. The van der Waals surface area contributed by atoms with Gasteiger partial charge in [-0.2, -0.15) is 0 Å². The van der Waals surface area contributed by atoms with Gasteiger partial charge in [0.15, 0.2) is 6.10 Å².